The van der Waals surface area contributed by atoms with Gasteiger partial charge >= 0.3 is 0 Å². The number of carbonyl (C=O) groups excluding carboxylic acids is 1. The predicted molar refractivity (Wildman–Crippen MR) is 112 cm³/mol. The molecule has 10 heteroatoms. The molecule has 4 rings (SSSR count). The van der Waals surface area contributed by atoms with Crippen molar-refractivity contribution < 1.29 is 4.79 Å². The molecule has 0 atom stereocenters. The van der Waals surface area contributed by atoms with Gasteiger partial charge in [0.2, 0.25) is 0 Å². The standard InChI is InChI=1S/C19H16N8OS/c1-12-18(29-27-26-12)19(28)24-14-7-5-13(6-8-14)23-16-10-17(22-11-21-16)25-15-4-2-3-9-20-15/h2-11H,1H3,(H,24,28)(H2,20,21,22,23,25). The number of benzene rings is 1. The molecule has 9 nitrogen and oxygen atoms in total. The summed E-state index contributed by atoms with van der Waals surface area (Å²) >= 11 is 1.07. The lowest BCUT2D eigenvalue weighted by molar-refractivity contribution is 0.103. The lowest BCUT2D eigenvalue weighted by Crippen LogP contribution is -2.11. The van der Waals surface area contributed by atoms with Crippen LogP contribution in [0.15, 0.2) is 61.1 Å². The minimum atomic E-state index is -0.223. The number of nitrogens with one attached hydrogen (secondary N) is 3. The van der Waals surface area contributed by atoms with Crippen LogP contribution in [-0.4, -0.2) is 30.4 Å². The molecular formula is C19H16N8OS. The smallest absolute Gasteiger partial charge is 0.269 e. The minimum Gasteiger partial charge on any atom is -0.340 e. The fraction of sp³-hybridized carbons (Fsp3) is 0.0526. The fourth-order valence-corrected chi connectivity index (χ4v) is 3.03. The summed E-state index contributed by atoms with van der Waals surface area (Å²) < 4.78 is 3.78. The van der Waals surface area contributed by atoms with E-state index in [0.717, 1.165) is 17.2 Å². The number of pyridine rings is 1. The molecule has 0 aliphatic rings. The Bertz CT molecular complexity index is 1110. The number of aryl methyl sites for hydroxylation is 1. The highest BCUT2D eigenvalue weighted by molar-refractivity contribution is 7.08. The number of nitrogens with zero attached hydrogens (tertiary/aromatic N) is 5. The topological polar surface area (TPSA) is 118 Å². The third-order valence-corrected chi connectivity index (χ3v) is 4.69. The number of rotatable bonds is 6. The van der Waals surface area contributed by atoms with Gasteiger partial charge in [-0.1, -0.05) is 10.6 Å². The quantitative estimate of drug-likeness (QED) is 0.444. The van der Waals surface area contributed by atoms with E-state index in [4.69, 9.17) is 0 Å². The molecule has 0 unspecified atom stereocenters. The highest BCUT2D eigenvalue weighted by atomic mass is 32.1. The van der Waals surface area contributed by atoms with Crippen molar-refractivity contribution >= 4 is 46.3 Å². The summed E-state index contributed by atoms with van der Waals surface area (Å²) in [6.07, 6.45) is 3.17. The molecule has 0 bridgehead atoms. The molecule has 0 aliphatic carbocycles. The van der Waals surface area contributed by atoms with Crippen molar-refractivity contribution in [3.05, 3.63) is 71.6 Å². The van der Waals surface area contributed by atoms with Gasteiger partial charge in [0.1, 0.15) is 28.7 Å². The van der Waals surface area contributed by atoms with Crippen molar-refractivity contribution in [2.24, 2.45) is 0 Å². The van der Waals surface area contributed by atoms with Gasteiger partial charge in [0.15, 0.2) is 0 Å². The summed E-state index contributed by atoms with van der Waals surface area (Å²) in [5, 5.41) is 13.0. The monoisotopic (exact) mass is 404 g/mol. The van der Waals surface area contributed by atoms with Gasteiger partial charge in [-0.2, -0.15) is 0 Å². The highest BCUT2D eigenvalue weighted by Crippen LogP contribution is 2.21. The summed E-state index contributed by atoms with van der Waals surface area (Å²) in [6, 6.07) is 14.7. The predicted octanol–water partition coefficient (Wildman–Crippen LogP) is 3.77. The molecule has 0 spiro atoms. The van der Waals surface area contributed by atoms with Gasteiger partial charge in [-0.05, 0) is 54.9 Å². The number of hydrogen-bond donors (Lipinski definition) is 3. The van der Waals surface area contributed by atoms with Crippen LogP contribution in [0.2, 0.25) is 0 Å². The summed E-state index contributed by atoms with van der Waals surface area (Å²) in [4.78, 5) is 25.4. The SMILES string of the molecule is Cc1nnsc1C(=O)Nc1ccc(Nc2cc(Nc3ccccn3)ncn2)cc1. The molecule has 4 aromatic rings. The van der Waals surface area contributed by atoms with Gasteiger partial charge < -0.3 is 16.0 Å². The van der Waals surface area contributed by atoms with Gasteiger partial charge in [-0.15, -0.1) is 5.10 Å². The minimum absolute atomic E-state index is 0.223. The Balaban J connectivity index is 1.40. The van der Waals surface area contributed by atoms with Crippen LogP contribution in [0.5, 0.6) is 0 Å². The van der Waals surface area contributed by atoms with Crippen LogP contribution in [0.3, 0.4) is 0 Å². The molecular weight excluding hydrogens is 388 g/mol. The Morgan fingerprint density at radius 2 is 1.66 bits per heavy atom. The van der Waals surface area contributed by atoms with E-state index in [1.807, 2.05) is 30.3 Å². The maximum Gasteiger partial charge on any atom is 0.269 e. The molecule has 1 aromatic carbocycles. The van der Waals surface area contributed by atoms with E-state index < -0.39 is 0 Å². The Labute approximate surface area is 170 Å². The lowest BCUT2D eigenvalue weighted by atomic mass is 10.2. The largest absolute Gasteiger partial charge is 0.340 e. The Kier molecular flexibility index (Phi) is 5.34. The van der Waals surface area contributed by atoms with E-state index in [0.29, 0.717) is 33.7 Å². The third kappa shape index (κ3) is 4.68. The number of anilines is 5. The van der Waals surface area contributed by atoms with Gasteiger partial charge in [0.25, 0.3) is 5.91 Å². The second kappa shape index (κ2) is 8.40. The Morgan fingerprint density at radius 1 is 0.897 bits per heavy atom. The molecule has 1 amide bonds. The maximum atomic E-state index is 12.2. The van der Waals surface area contributed by atoms with E-state index in [-0.39, 0.29) is 5.91 Å². The van der Waals surface area contributed by atoms with Gasteiger partial charge in [0, 0.05) is 23.6 Å². The number of hydrogen-bond acceptors (Lipinski definition) is 9. The van der Waals surface area contributed by atoms with Gasteiger partial charge in [-0.3, -0.25) is 4.79 Å². The van der Waals surface area contributed by atoms with Crippen molar-refractivity contribution in [3.63, 3.8) is 0 Å². The molecule has 0 fully saturated rings. The molecule has 0 radical (unpaired) electrons. The van der Waals surface area contributed by atoms with E-state index in [9.17, 15) is 4.79 Å². The highest BCUT2D eigenvalue weighted by Gasteiger charge is 2.13. The zero-order chi connectivity index (χ0) is 20.1. The van der Waals surface area contributed by atoms with E-state index in [2.05, 4.69) is 40.5 Å². The van der Waals surface area contributed by atoms with Crippen LogP contribution in [0.4, 0.5) is 28.8 Å². The Hall–Kier alpha value is -3.92. The zero-order valence-electron chi connectivity index (χ0n) is 15.3. The summed E-state index contributed by atoms with van der Waals surface area (Å²) in [5.74, 6) is 1.73. The van der Waals surface area contributed by atoms with E-state index in [1.165, 1.54) is 6.33 Å². The number of aromatic nitrogens is 5. The maximum absolute atomic E-state index is 12.2. The molecule has 144 valence electrons. The van der Waals surface area contributed by atoms with Crippen LogP contribution in [-0.2, 0) is 0 Å². The average molecular weight is 404 g/mol. The summed E-state index contributed by atoms with van der Waals surface area (Å²) in [5.41, 5.74) is 2.11. The van der Waals surface area contributed by atoms with Crippen molar-refractivity contribution in [1.82, 2.24) is 24.5 Å². The molecule has 0 saturated heterocycles. The zero-order valence-corrected chi connectivity index (χ0v) is 16.1. The average Bonchev–Trinajstić information content (AvgIpc) is 3.17. The first kappa shape index (κ1) is 18.4. The van der Waals surface area contributed by atoms with E-state index >= 15 is 0 Å². The second-order valence-corrected chi connectivity index (χ2v) is 6.73. The summed E-state index contributed by atoms with van der Waals surface area (Å²) in [6.45, 7) is 1.75. The van der Waals surface area contributed by atoms with Crippen LogP contribution >= 0.6 is 11.5 Å². The van der Waals surface area contributed by atoms with Crippen molar-refractivity contribution in [3.8, 4) is 0 Å². The van der Waals surface area contributed by atoms with Gasteiger partial charge in [-0.25, -0.2) is 15.0 Å². The third-order valence-electron chi connectivity index (χ3n) is 3.86. The fourth-order valence-electron chi connectivity index (χ4n) is 2.47. The summed E-state index contributed by atoms with van der Waals surface area (Å²) in [7, 11) is 0. The van der Waals surface area contributed by atoms with Crippen LogP contribution in [0.25, 0.3) is 0 Å². The van der Waals surface area contributed by atoms with Crippen LogP contribution < -0.4 is 16.0 Å². The first-order chi connectivity index (χ1) is 14.2. The van der Waals surface area contributed by atoms with Crippen LogP contribution in [0, 0.1) is 6.92 Å². The molecule has 29 heavy (non-hydrogen) atoms. The molecule has 3 aromatic heterocycles. The molecule has 0 saturated carbocycles. The number of amides is 1. The number of carbonyl (C=O) groups is 1. The van der Waals surface area contributed by atoms with Crippen molar-refractivity contribution in [2.75, 3.05) is 16.0 Å². The molecule has 3 heterocycles. The normalized spacial score (nSPS) is 10.4. The molecule has 3 N–H and O–H groups in total. The Morgan fingerprint density at radius 3 is 2.34 bits per heavy atom. The van der Waals surface area contributed by atoms with Gasteiger partial charge in [0.05, 0.1) is 5.69 Å². The van der Waals surface area contributed by atoms with E-state index in [1.54, 1.807) is 31.3 Å². The van der Waals surface area contributed by atoms with Crippen molar-refractivity contribution in [2.45, 2.75) is 6.92 Å². The lowest BCUT2D eigenvalue weighted by Gasteiger charge is -2.09. The van der Waals surface area contributed by atoms with Crippen molar-refractivity contribution in [1.29, 1.82) is 0 Å². The second-order valence-electron chi connectivity index (χ2n) is 5.97. The van der Waals surface area contributed by atoms with Crippen LogP contribution in [0.1, 0.15) is 15.4 Å². The first-order valence-electron chi connectivity index (χ1n) is 8.65. The molecule has 0 aliphatic heterocycles. The first-order valence-corrected chi connectivity index (χ1v) is 9.42.